The fourth-order valence-corrected chi connectivity index (χ4v) is 8.28. The molecule has 3 aliphatic rings. The third kappa shape index (κ3) is 7.08. The van der Waals surface area contributed by atoms with E-state index < -0.39 is 16.0 Å². The fourth-order valence-electron chi connectivity index (χ4n) is 7.18. The maximum absolute atomic E-state index is 14.2. The molecule has 0 fully saturated rings. The summed E-state index contributed by atoms with van der Waals surface area (Å²) in [6, 6.07) is 9.25. The van der Waals surface area contributed by atoms with Crippen molar-refractivity contribution in [1.82, 2.24) is 4.90 Å². The molecule has 0 atom stereocenters. The van der Waals surface area contributed by atoms with Crippen molar-refractivity contribution in [2.45, 2.75) is 77.0 Å². The first kappa shape index (κ1) is 34.9. The minimum atomic E-state index is -4.26. The van der Waals surface area contributed by atoms with E-state index in [-0.39, 0.29) is 45.2 Å². The zero-order valence-electron chi connectivity index (χ0n) is 28.1. The van der Waals surface area contributed by atoms with E-state index in [0.717, 1.165) is 17.8 Å². The van der Waals surface area contributed by atoms with Crippen LogP contribution in [0, 0.1) is 10.8 Å². The molecule has 252 valence electrons. The van der Waals surface area contributed by atoms with Gasteiger partial charge in [0.05, 0.1) is 7.11 Å². The minimum Gasteiger partial charge on any atom is -0.493 e. The van der Waals surface area contributed by atoms with Gasteiger partial charge in [-0.05, 0) is 72.4 Å². The van der Waals surface area contributed by atoms with Crippen LogP contribution < -0.4 is 8.92 Å². The highest BCUT2D eigenvalue weighted by molar-refractivity contribution is 7.87. The Balaban J connectivity index is 1.73. The van der Waals surface area contributed by atoms with Gasteiger partial charge in [0, 0.05) is 72.1 Å². The zero-order chi connectivity index (χ0) is 34.3. The largest absolute Gasteiger partial charge is 0.493 e. The SMILES string of the molecule is C=CCc1cc(C2C3=C(CC(C)(C)CC3=O)N(CCCOC)C3=C2C(=O)CC(C)(C)C3)cc(OC)c1OS(=O)(=O)c1ccc(Cl)cc1. The molecule has 0 unspecified atom stereocenters. The first-order valence-electron chi connectivity index (χ1n) is 15.9. The zero-order valence-corrected chi connectivity index (χ0v) is 29.6. The fraction of sp³-hybridized carbons (Fsp3) is 0.459. The summed E-state index contributed by atoms with van der Waals surface area (Å²) in [5, 5.41) is 0.395. The summed E-state index contributed by atoms with van der Waals surface area (Å²) in [4.78, 5) is 30.6. The molecule has 2 aromatic carbocycles. The van der Waals surface area contributed by atoms with Crippen LogP contribution >= 0.6 is 11.6 Å². The van der Waals surface area contributed by atoms with Crippen LogP contribution in [-0.2, 0) is 30.9 Å². The average Bonchev–Trinajstić information content (AvgIpc) is 2.97. The Morgan fingerprint density at radius 2 is 1.51 bits per heavy atom. The van der Waals surface area contributed by atoms with E-state index in [0.29, 0.717) is 66.1 Å². The molecule has 2 aliphatic carbocycles. The molecule has 0 saturated heterocycles. The topological polar surface area (TPSA) is 99.2 Å². The number of nitrogens with zero attached hydrogens (tertiary/aromatic N) is 1. The summed E-state index contributed by atoms with van der Waals surface area (Å²) in [5.74, 6) is -0.408. The van der Waals surface area contributed by atoms with Crippen molar-refractivity contribution < 1.29 is 31.7 Å². The van der Waals surface area contributed by atoms with Gasteiger partial charge in [-0.3, -0.25) is 9.59 Å². The van der Waals surface area contributed by atoms with Crippen molar-refractivity contribution in [2.75, 3.05) is 27.4 Å². The summed E-state index contributed by atoms with van der Waals surface area (Å²) in [5.41, 5.74) is 3.82. The van der Waals surface area contributed by atoms with Crippen LogP contribution in [0.4, 0.5) is 0 Å². The van der Waals surface area contributed by atoms with Crippen LogP contribution in [0.15, 0.2) is 76.5 Å². The highest BCUT2D eigenvalue weighted by Crippen LogP contribution is 2.55. The van der Waals surface area contributed by atoms with Gasteiger partial charge in [-0.1, -0.05) is 51.4 Å². The van der Waals surface area contributed by atoms with Crippen molar-refractivity contribution in [1.29, 1.82) is 0 Å². The standard InChI is InChI=1S/C37H44ClNO7S/c1-8-10-23-17-24(18-31(45-7)35(23)46-47(42,43)26-13-11-25(38)12-14-26)32-33-27(19-36(2,3)21-29(33)40)39(15-9-16-44-6)28-20-37(4,5)22-30(41)34(28)32/h8,11-14,17-18,32H,1,9-10,15-16,19-22H2,2-7H3. The van der Waals surface area contributed by atoms with E-state index in [4.69, 9.17) is 25.3 Å². The van der Waals surface area contributed by atoms with Gasteiger partial charge in [-0.15, -0.1) is 6.58 Å². The van der Waals surface area contributed by atoms with Crippen LogP contribution in [-0.4, -0.2) is 52.3 Å². The quantitative estimate of drug-likeness (QED) is 0.136. The van der Waals surface area contributed by atoms with Crippen molar-refractivity contribution in [3.05, 3.63) is 87.7 Å². The van der Waals surface area contributed by atoms with Gasteiger partial charge in [0.1, 0.15) is 4.90 Å². The van der Waals surface area contributed by atoms with Gasteiger partial charge in [0.15, 0.2) is 23.1 Å². The number of Topliss-reactive ketones (excluding diaryl/α,β-unsaturated/α-hetero) is 2. The van der Waals surface area contributed by atoms with Gasteiger partial charge >= 0.3 is 10.1 Å². The number of hydrogen-bond donors (Lipinski definition) is 0. The number of benzene rings is 2. The minimum absolute atomic E-state index is 0.0112. The molecule has 10 heteroatoms. The van der Waals surface area contributed by atoms with Crippen molar-refractivity contribution in [3.63, 3.8) is 0 Å². The Morgan fingerprint density at radius 3 is 2.02 bits per heavy atom. The van der Waals surface area contributed by atoms with E-state index in [1.807, 2.05) is 6.07 Å². The Kier molecular flexibility index (Phi) is 9.84. The lowest BCUT2D eigenvalue weighted by atomic mass is 9.63. The summed E-state index contributed by atoms with van der Waals surface area (Å²) in [7, 11) is -1.15. The maximum Gasteiger partial charge on any atom is 0.339 e. The normalized spacial score (nSPS) is 19.4. The maximum atomic E-state index is 14.2. The first-order valence-corrected chi connectivity index (χ1v) is 17.7. The third-order valence-corrected chi connectivity index (χ3v) is 10.6. The molecule has 0 spiro atoms. The number of halogens is 1. The Bertz CT molecular complexity index is 1720. The number of ketones is 2. The monoisotopic (exact) mass is 681 g/mol. The van der Waals surface area contributed by atoms with Crippen molar-refractivity contribution in [3.8, 4) is 11.5 Å². The number of methoxy groups -OCH3 is 2. The van der Waals surface area contributed by atoms with Gasteiger partial charge in [-0.25, -0.2) is 0 Å². The second-order valence-corrected chi connectivity index (χ2v) is 16.2. The third-order valence-electron chi connectivity index (χ3n) is 9.12. The lowest BCUT2D eigenvalue weighted by molar-refractivity contribution is -0.119. The van der Waals surface area contributed by atoms with Gasteiger partial charge in [-0.2, -0.15) is 8.42 Å². The van der Waals surface area contributed by atoms with Gasteiger partial charge in [0.25, 0.3) is 0 Å². The number of carbonyl (C=O) groups is 2. The summed E-state index contributed by atoms with van der Waals surface area (Å²) in [6.45, 7) is 13.5. The molecule has 2 aromatic rings. The predicted octanol–water partition coefficient (Wildman–Crippen LogP) is 7.57. The molecule has 5 rings (SSSR count). The van der Waals surface area contributed by atoms with Crippen molar-refractivity contribution >= 4 is 33.3 Å². The molecule has 1 heterocycles. The van der Waals surface area contributed by atoms with E-state index in [9.17, 15) is 18.0 Å². The predicted molar refractivity (Wildman–Crippen MR) is 182 cm³/mol. The molecule has 0 amide bonds. The Labute approximate surface area is 283 Å². The second kappa shape index (κ2) is 13.2. The number of carbonyl (C=O) groups excluding carboxylic acids is 2. The van der Waals surface area contributed by atoms with E-state index in [1.54, 1.807) is 19.3 Å². The summed E-state index contributed by atoms with van der Waals surface area (Å²) < 4.78 is 43.7. The number of hydrogen-bond acceptors (Lipinski definition) is 8. The average molecular weight is 682 g/mol. The molecular formula is C37H44ClNO7S. The van der Waals surface area contributed by atoms with E-state index in [2.05, 4.69) is 39.2 Å². The Hall–Kier alpha value is -3.40. The molecule has 0 N–H and O–H groups in total. The highest BCUT2D eigenvalue weighted by atomic mass is 35.5. The molecule has 0 bridgehead atoms. The summed E-state index contributed by atoms with van der Waals surface area (Å²) in [6.07, 6.45) is 4.72. The van der Waals surface area contributed by atoms with E-state index in [1.165, 1.54) is 31.4 Å². The second-order valence-electron chi connectivity index (χ2n) is 14.2. The van der Waals surface area contributed by atoms with Crippen molar-refractivity contribution in [2.24, 2.45) is 10.8 Å². The number of ether oxygens (including phenoxy) is 2. The van der Waals surface area contributed by atoms with Gasteiger partial charge in [0.2, 0.25) is 0 Å². The van der Waals surface area contributed by atoms with Crippen LogP contribution in [0.25, 0.3) is 0 Å². The highest BCUT2D eigenvalue weighted by Gasteiger charge is 2.49. The van der Waals surface area contributed by atoms with Crippen LogP contribution in [0.2, 0.25) is 5.02 Å². The lowest BCUT2D eigenvalue weighted by Crippen LogP contribution is -2.44. The molecule has 0 saturated carbocycles. The molecule has 47 heavy (non-hydrogen) atoms. The molecule has 0 radical (unpaired) electrons. The molecule has 8 nitrogen and oxygen atoms in total. The number of allylic oxidation sites excluding steroid dienone is 5. The lowest BCUT2D eigenvalue weighted by Gasteiger charge is -2.49. The van der Waals surface area contributed by atoms with Crippen LogP contribution in [0.3, 0.4) is 0 Å². The van der Waals surface area contributed by atoms with Gasteiger partial charge < -0.3 is 18.6 Å². The molecular weight excluding hydrogens is 638 g/mol. The molecule has 0 aromatic heterocycles. The Morgan fingerprint density at radius 1 is 0.936 bits per heavy atom. The molecule has 1 aliphatic heterocycles. The number of rotatable bonds is 11. The van der Waals surface area contributed by atoms with Crippen LogP contribution in [0.5, 0.6) is 11.5 Å². The smallest absolute Gasteiger partial charge is 0.339 e. The van der Waals surface area contributed by atoms with E-state index >= 15 is 0 Å². The summed E-state index contributed by atoms with van der Waals surface area (Å²) >= 11 is 5.99. The first-order chi connectivity index (χ1) is 22.1. The van der Waals surface area contributed by atoms with Crippen LogP contribution in [0.1, 0.15) is 76.8 Å².